The average Bonchev–Trinajstić information content (AvgIpc) is 2.92. The second kappa shape index (κ2) is 9.61. The van der Waals surface area contributed by atoms with E-state index in [1.54, 1.807) is 17.0 Å². The van der Waals surface area contributed by atoms with Crippen molar-refractivity contribution < 1.29 is 14.0 Å². The summed E-state index contributed by atoms with van der Waals surface area (Å²) in [5, 5.41) is 0. The van der Waals surface area contributed by atoms with E-state index in [-0.39, 0.29) is 17.6 Å². The lowest BCUT2D eigenvalue weighted by Gasteiger charge is -2.39. The average molecular weight is 484 g/mol. The number of para-hydroxylation sites is 1. The molecule has 6 heteroatoms. The number of anilines is 2. The van der Waals surface area contributed by atoms with Crippen LogP contribution in [0.5, 0.6) is 0 Å². The summed E-state index contributed by atoms with van der Waals surface area (Å²) in [7, 11) is 0. The van der Waals surface area contributed by atoms with Crippen LogP contribution in [0.3, 0.4) is 0 Å². The Labute approximate surface area is 211 Å². The number of hydrogen-bond donors (Lipinski definition) is 0. The predicted octanol–water partition coefficient (Wildman–Crippen LogP) is 5.25. The number of carbonyl (C=O) groups excluding carboxylic acids is 2. The van der Waals surface area contributed by atoms with Crippen molar-refractivity contribution in [2.75, 3.05) is 37.6 Å². The first kappa shape index (κ1) is 23.8. The van der Waals surface area contributed by atoms with Crippen LogP contribution in [0.25, 0.3) is 6.08 Å². The van der Waals surface area contributed by atoms with E-state index in [1.807, 2.05) is 55.1 Å². The quantitative estimate of drug-likeness (QED) is 0.509. The van der Waals surface area contributed by atoms with Gasteiger partial charge in [-0.2, -0.15) is 0 Å². The summed E-state index contributed by atoms with van der Waals surface area (Å²) in [5.74, 6) is -0.355. The number of hydrogen-bond acceptors (Lipinski definition) is 3. The molecule has 0 aliphatic carbocycles. The fraction of sp³-hybridized carbons (Fsp3) is 0.267. The van der Waals surface area contributed by atoms with Crippen molar-refractivity contribution in [3.63, 3.8) is 0 Å². The van der Waals surface area contributed by atoms with Gasteiger partial charge in [-0.3, -0.25) is 9.59 Å². The van der Waals surface area contributed by atoms with Gasteiger partial charge in [0.1, 0.15) is 5.82 Å². The van der Waals surface area contributed by atoms with E-state index in [0.717, 1.165) is 23.5 Å². The molecule has 36 heavy (non-hydrogen) atoms. The van der Waals surface area contributed by atoms with Gasteiger partial charge in [-0.25, -0.2) is 4.39 Å². The molecule has 0 saturated carbocycles. The topological polar surface area (TPSA) is 43.9 Å². The molecule has 0 radical (unpaired) electrons. The van der Waals surface area contributed by atoms with Crippen LogP contribution in [0, 0.1) is 5.82 Å². The SMILES string of the molecule is CC(C)(C(=O)N1CCN(C(=O)c2ccc(N3CC=Cc4ccccc43)cc2)CC1)c1ccc(F)cc1. The van der Waals surface area contributed by atoms with Gasteiger partial charge >= 0.3 is 0 Å². The monoisotopic (exact) mass is 483 g/mol. The molecule has 5 nitrogen and oxygen atoms in total. The normalized spacial score (nSPS) is 15.6. The molecule has 3 aromatic carbocycles. The van der Waals surface area contributed by atoms with E-state index in [4.69, 9.17) is 0 Å². The zero-order valence-electron chi connectivity index (χ0n) is 20.7. The van der Waals surface area contributed by atoms with E-state index >= 15 is 0 Å². The Kier molecular flexibility index (Phi) is 6.35. The largest absolute Gasteiger partial charge is 0.338 e. The maximum absolute atomic E-state index is 13.3. The third-order valence-corrected chi connectivity index (χ3v) is 7.19. The van der Waals surface area contributed by atoms with E-state index in [2.05, 4.69) is 29.2 Å². The molecule has 0 spiro atoms. The van der Waals surface area contributed by atoms with Gasteiger partial charge in [0.25, 0.3) is 5.91 Å². The summed E-state index contributed by atoms with van der Waals surface area (Å²) in [4.78, 5) is 32.3. The van der Waals surface area contributed by atoms with E-state index in [9.17, 15) is 14.0 Å². The molecule has 2 aliphatic heterocycles. The van der Waals surface area contributed by atoms with Crippen LogP contribution in [0.4, 0.5) is 15.8 Å². The first-order chi connectivity index (χ1) is 17.3. The zero-order valence-corrected chi connectivity index (χ0v) is 20.7. The molecule has 0 aromatic heterocycles. The molecule has 2 amide bonds. The molecule has 184 valence electrons. The minimum absolute atomic E-state index is 0.0126. The Balaban J connectivity index is 1.22. The second-order valence-electron chi connectivity index (χ2n) is 9.83. The molecular weight excluding hydrogens is 453 g/mol. The van der Waals surface area contributed by atoms with Gasteiger partial charge in [0, 0.05) is 49.7 Å². The molecule has 0 unspecified atom stereocenters. The van der Waals surface area contributed by atoms with Crippen LogP contribution < -0.4 is 4.90 Å². The third kappa shape index (κ3) is 4.51. The van der Waals surface area contributed by atoms with Crippen LogP contribution in [0.1, 0.15) is 35.3 Å². The minimum atomic E-state index is -0.766. The fourth-order valence-electron chi connectivity index (χ4n) is 4.97. The number of nitrogens with zero attached hydrogens (tertiary/aromatic N) is 3. The van der Waals surface area contributed by atoms with Gasteiger partial charge in [-0.05, 0) is 67.4 Å². The summed E-state index contributed by atoms with van der Waals surface area (Å²) < 4.78 is 13.3. The maximum Gasteiger partial charge on any atom is 0.253 e. The van der Waals surface area contributed by atoms with E-state index < -0.39 is 5.41 Å². The number of halogens is 1. The lowest BCUT2D eigenvalue weighted by molar-refractivity contribution is -0.137. The number of rotatable bonds is 4. The molecule has 0 N–H and O–H groups in total. The highest BCUT2D eigenvalue weighted by Crippen LogP contribution is 2.32. The van der Waals surface area contributed by atoms with Crippen molar-refractivity contribution >= 4 is 29.3 Å². The zero-order chi connectivity index (χ0) is 25.3. The van der Waals surface area contributed by atoms with Crippen LogP contribution in [-0.4, -0.2) is 54.3 Å². The number of benzene rings is 3. The number of carbonyl (C=O) groups is 2. The smallest absolute Gasteiger partial charge is 0.253 e. The lowest BCUT2D eigenvalue weighted by atomic mass is 9.83. The fourth-order valence-corrected chi connectivity index (χ4v) is 4.97. The van der Waals surface area contributed by atoms with Gasteiger partial charge in [0.05, 0.1) is 5.41 Å². The molecule has 0 bridgehead atoms. The van der Waals surface area contributed by atoms with Crippen LogP contribution >= 0.6 is 0 Å². The number of piperazine rings is 1. The van der Waals surface area contributed by atoms with Crippen molar-refractivity contribution in [3.8, 4) is 0 Å². The Morgan fingerprint density at radius 3 is 2.14 bits per heavy atom. The van der Waals surface area contributed by atoms with E-state index in [1.165, 1.54) is 17.7 Å². The summed E-state index contributed by atoms with van der Waals surface area (Å²) in [6.45, 7) is 6.42. The summed E-state index contributed by atoms with van der Waals surface area (Å²) in [6.07, 6.45) is 4.27. The summed E-state index contributed by atoms with van der Waals surface area (Å²) >= 11 is 0. The van der Waals surface area contributed by atoms with Crippen LogP contribution in [-0.2, 0) is 10.2 Å². The molecule has 2 aliphatic rings. The first-order valence-electron chi connectivity index (χ1n) is 12.3. The summed E-state index contributed by atoms with van der Waals surface area (Å²) in [5.41, 5.74) is 4.03. The highest BCUT2D eigenvalue weighted by molar-refractivity contribution is 5.95. The van der Waals surface area contributed by atoms with Crippen LogP contribution in [0.15, 0.2) is 78.9 Å². The number of fused-ring (bicyclic) bond motifs is 1. The summed E-state index contributed by atoms with van der Waals surface area (Å²) in [6, 6.07) is 22.1. The molecule has 5 rings (SSSR count). The predicted molar refractivity (Wildman–Crippen MR) is 141 cm³/mol. The molecule has 1 saturated heterocycles. The van der Waals surface area contributed by atoms with Gasteiger partial charge in [-0.15, -0.1) is 0 Å². The Bertz CT molecular complexity index is 1290. The minimum Gasteiger partial charge on any atom is -0.338 e. The third-order valence-electron chi connectivity index (χ3n) is 7.19. The van der Waals surface area contributed by atoms with Crippen molar-refractivity contribution in [2.24, 2.45) is 0 Å². The van der Waals surface area contributed by atoms with Gasteiger partial charge in [0.2, 0.25) is 5.91 Å². The Morgan fingerprint density at radius 1 is 0.806 bits per heavy atom. The molecule has 2 heterocycles. The van der Waals surface area contributed by atoms with Crippen molar-refractivity contribution in [1.29, 1.82) is 0 Å². The molecule has 3 aromatic rings. The Hall–Kier alpha value is -3.93. The lowest BCUT2D eigenvalue weighted by Crippen LogP contribution is -2.54. The number of amides is 2. The Morgan fingerprint density at radius 2 is 1.44 bits per heavy atom. The van der Waals surface area contributed by atoms with Crippen molar-refractivity contribution in [3.05, 3.63) is 101 Å². The molecular formula is C30H30FN3O2. The molecule has 1 fully saturated rings. The highest BCUT2D eigenvalue weighted by Gasteiger charge is 2.36. The standard InChI is InChI=1S/C30H30FN3O2/c1-30(2,24-11-13-25(31)14-12-24)29(36)33-20-18-32(19-21-33)28(35)23-9-15-26(16-10-23)34-17-5-7-22-6-3-4-8-27(22)34/h3-16H,17-21H2,1-2H3. The van der Waals surface area contributed by atoms with Crippen molar-refractivity contribution in [1.82, 2.24) is 9.80 Å². The molecule has 0 atom stereocenters. The van der Waals surface area contributed by atoms with Gasteiger partial charge in [-0.1, -0.05) is 42.5 Å². The first-order valence-corrected chi connectivity index (χ1v) is 12.3. The van der Waals surface area contributed by atoms with Gasteiger partial charge < -0.3 is 14.7 Å². The van der Waals surface area contributed by atoms with Crippen molar-refractivity contribution in [2.45, 2.75) is 19.3 Å². The van der Waals surface area contributed by atoms with Crippen LogP contribution in [0.2, 0.25) is 0 Å². The second-order valence-corrected chi connectivity index (χ2v) is 9.83. The van der Waals surface area contributed by atoms with E-state index in [0.29, 0.717) is 31.7 Å². The highest BCUT2D eigenvalue weighted by atomic mass is 19.1. The maximum atomic E-state index is 13.3. The van der Waals surface area contributed by atoms with Gasteiger partial charge in [0.15, 0.2) is 0 Å².